The summed E-state index contributed by atoms with van der Waals surface area (Å²) in [6.07, 6.45) is 10.9. The van der Waals surface area contributed by atoms with E-state index in [1.165, 1.54) is 38.5 Å². The fourth-order valence-electron chi connectivity index (χ4n) is 2.14. The Kier molecular flexibility index (Phi) is 11.3. The van der Waals surface area contributed by atoms with Crippen LogP contribution in [0.1, 0.15) is 71.6 Å². The molecule has 98 valence electrons. The van der Waals surface area contributed by atoms with Crippen molar-refractivity contribution in [3.8, 4) is 0 Å². The molecule has 0 radical (unpaired) electrons. The summed E-state index contributed by atoms with van der Waals surface area (Å²) in [4.78, 5) is 0. The van der Waals surface area contributed by atoms with Crippen LogP contribution in [0.5, 0.6) is 0 Å². The molecule has 0 aliphatic carbocycles. The van der Waals surface area contributed by atoms with Crippen molar-refractivity contribution in [1.82, 2.24) is 0 Å². The fraction of sp³-hybridized carbons (Fsp3) is 1.00. The molecule has 0 aromatic heterocycles. The topological polar surface area (TPSA) is 46.2 Å². The maximum atomic E-state index is 9.87. The van der Waals surface area contributed by atoms with Gasteiger partial charge in [-0.15, -0.1) is 0 Å². The lowest BCUT2D eigenvalue weighted by atomic mass is 9.95. The Morgan fingerprint density at radius 2 is 1.50 bits per heavy atom. The lowest BCUT2D eigenvalue weighted by Gasteiger charge is -2.19. The Morgan fingerprint density at radius 1 is 0.938 bits per heavy atom. The molecule has 0 heterocycles. The number of rotatable bonds is 11. The number of aliphatic hydroxyl groups excluding tert-OH is 1. The normalized spacial score (nSPS) is 15.0. The van der Waals surface area contributed by atoms with Crippen LogP contribution in [0.15, 0.2) is 0 Å². The van der Waals surface area contributed by atoms with Gasteiger partial charge in [0.2, 0.25) is 0 Å². The number of hydrogen-bond acceptors (Lipinski definition) is 2. The zero-order valence-electron chi connectivity index (χ0n) is 11.3. The van der Waals surface area contributed by atoms with Gasteiger partial charge < -0.3 is 10.8 Å². The van der Waals surface area contributed by atoms with E-state index in [1.54, 1.807) is 0 Å². The molecule has 0 amide bonds. The molecule has 0 rings (SSSR count). The average Bonchev–Trinajstić information content (AvgIpc) is 2.29. The van der Waals surface area contributed by atoms with Crippen molar-refractivity contribution in [3.63, 3.8) is 0 Å². The summed E-state index contributed by atoms with van der Waals surface area (Å²) in [6, 6.07) is 0. The third-order valence-electron chi connectivity index (χ3n) is 3.47. The molecule has 2 nitrogen and oxygen atoms in total. The van der Waals surface area contributed by atoms with Gasteiger partial charge in [0.1, 0.15) is 0 Å². The van der Waals surface area contributed by atoms with Gasteiger partial charge in [-0.1, -0.05) is 58.8 Å². The Bertz CT molecular complexity index is 135. The van der Waals surface area contributed by atoms with E-state index in [0.29, 0.717) is 12.5 Å². The first-order chi connectivity index (χ1) is 7.76. The van der Waals surface area contributed by atoms with E-state index in [0.717, 1.165) is 19.3 Å². The third kappa shape index (κ3) is 8.12. The second-order valence-corrected chi connectivity index (χ2v) is 4.88. The smallest absolute Gasteiger partial charge is 0.0580 e. The zero-order chi connectivity index (χ0) is 12.2. The quantitative estimate of drug-likeness (QED) is 0.533. The lowest BCUT2D eigenvalue weighted by Crippen LogP contribution is -2.27. The van der Waals surface area contributed by atoms with Crippen LogP contribution < -0.4 is 5.73 Å². The Labute approximate surface area is 102 Å². The molecule has 0 saturated carbocycles. The van der Waals surface area contributed by atoms with Crippen LogP contribution in [-0.2, 0) is 0 Å². The molecule has 2 atom stereocenters. The van der Waals surface area contributed by atoms with Crippen molar-refractivity contribution in [1.29, 1.82) is 0 Å². The molecule has 0 saturated heterocycles. The highest BCUT2D eigenvalue weighted by atomic mass is 16.3. The maximum absolute atomic E-state index is 9.87. The van der Waals surface area contributed by atoms with Crippen LogP contribution in [0.25, 0.3) is 0 Å². The minimum Gasteiger partial charge on any atom is -0.393 e. The molecular formula is C14H31NO. The van der Waals surface area contributed by atoms with Gasteiger partial charge >= 0.3 is 0 Å². The minimum atomic E-state index is -0.175. The van der Waals surface area contributed by atoms with Gasteiger partial charge in [0.25, 0.3) is 0 Å². The lowest BCUT2D eigenvalue weighted by molar-refractivity contribution is 0.0975. The van der Waals surface area contributed by atoms with Gasteiger partial charge in [-0.25, -0.2) is 0 Å². The standard InChI is InChI=1S/C14H31NO/c1-3-5-6-7-8-9-10-11-14(16)13(4-2)12-15/h13-14,16H,3-12,15H2,1-2H3. The summed E-state index contributed by atoms with van der Waals surface area (Å²) < 4.78 is 0. The van der Waals surface area contributed by atoms with E-state index in [2.05, 4.69) is 13.8 Å². The molecule has 0 aliphatic rings. The van der Waals surface area contributed by atoms with Crippen LogP contribution in [0.4, 0.5) is 0 Å². The second-order valence-electron chi connectivity index (χ2n) is 4.88. The Morgan fingerprint density at radius 3 is 2.00 bits per heavy atom. The predicted molar refractivity (Wildman–Crippen MR) is 71.5 cm³/mol. The summed E-state index contributed by atoms with van der Waals surface area (Å²) in [5.74, 6) is 0.306. The molecule has 3 N–H and O–H groups in total. The molecule has 0 spiro atoms. The van der Waals surface area contributed by atoms with E-state index >= 15 is 0 Å². The van der Waals surface area contributed by atoms with Gasteiger partial charge in [0, 0.05) is 0 Å². The summed E-state index contributed by atoms with van der Waals surface area (Å²) in [5, 5.41) is 9.87. The highest BCUT2D eigenvalue weighted by Gasteiger charge is 2.14. The Hall–Kier alpha value is -0.0800. The Balaban J connectivity index is 3.30. The number of hydrogen-bond donors (Lipinski definition) is 2. The van der Waals surface area contributed by atoms with Crippen LogP contribution in [-0.4, -0.2) is 17.8 Å². The van der Waals surface area contributed by atoms with Crippen LogP contribution in [0, 0.1) is 5.92 Å². The van der Waals surface area contributed by atoms with Crippen molar-refractivity contribution in [2.75, 3.05) is 6.54 Å². The summed E-state index contributed by atoms with van der Waals surface area (Å²) in [7, 11) is 0. The highest BCUT2D eigenvalue weighted by Crippen LogP contribution is 2.15. The van der Waals surface area contributed by atoms with E-state index in [4.69, 9.17) is 5.73 Å². The fourth-order valence-corrected chi connectivity index (χ4v) is 2.14. The molecule has 0 aromatic carbocycles. The molecule has 0 aromatic rings. The van der Waals surface area contributed by atoms with E-state index in [1.807, 2.05) is 0 Å². The number of aliphatic hydroxyl groups is 1. The van der Waals surface area contributed by atoms with Gasteiger partial charge in [0.15, 0.2) is 0 Å². The van der Waals surface area contributed by atoms with Gasteiger partial charge in [-0.3, -0.25) is 0 Å². The molecule has 2 unspecified atom stereocenters. The van der Waals surface area contributed by atoms with E-state index < -0.39 is 0 Å². The zero-order valence-corrected chi connectivity index (χ0v) is 11.3. The molecular weight excluding hydrogens is 198 g/mol. The van der Waals surface area contributed by atoms with Crippen LogP contribution in [0.2, 0.25) is 0 Å². The largest absolute Gasteiger partial charge is 0.393 e. The summed E-state index contributed by atoms with van der Waals surface area (Å²) in [5.41, 5.74) is 5.61. The van der Waals surface area contributed by atoms with Crippen molar-refractivity contribution < 1.29 is 5.11 Å². The summed E-state index contributed by atoms with van der Waals surface area (Å²) in [6.45, 7) is 4.97. The van der Waals surface area contributed by atoms with Gasteiger partial charge in [0.05, 0.1) is 6.10 Å². The van der Waals surface area contributed by atoms with Crippen molar-refractivity contribution in [3.05, 3.63) is 0 Å². The predicted octanol–water partition coefficient (Wildman–Crippen LogP) is 3.47. The van der Waals surface area contributed by atoms with Crippen LogP contribution in [0.3, 0.4) is 0 Å². The molecule has 2 heteroatoms. The number of unbranched alkanes of at least 4 members (excludes halogenated alkanes) is 6. The molecule has 0 aliphatic heterocycles. The monoisotopic (exact) mass is 229 g/mol. The van der Waals surface area contributed by atoms with E-state index in [-0.39, 0.29) is 6.10 Å². The first-order valence-corrected chi connectivity index (χ1v) is 7.14. The minimum absolute atomic E-state index is 0.175. The highest BCUT2D eigenvalue weighted by molar-refractivity contribution is 4.68. The molecule has 16 heavy (non-hydrogen) atoms. The van der Waals surface area contributed by atoms with Gasteiger partial charge in [-0.05, 0) is 25.3 Å². The number of nitrogens with two attached hydrogens (primary N) is 1. The second kappa shape index (κ2) is 11.4. The maximum Gasteiger partial charge on any atom is 0.0580 e. The van der Waals surface area contributed by atoms with Gasteiger partial charge in [-0.2, -0.15) is 0 Å². The molecule has 0 fully saturated rings. The first-order valence-electron chi connectivity index (χ1n) is 7.14. The third-order valence-corrected chi connectivity index (χ3v) is 3.47. The van der Waals surface area contributed by atoms with Crippen LogP contribution >= 0.6 is 0 Å². The SMILES string of the molecule is CCCCCCCCCC(O)C(CC)CN. The van der Waals surface area contributed by atoms with E-state index in [9.17, 15) is 5.11 Å². The summed E-state index contributed by atoms with van der Waals surface area (Å²) >= 11 is 0. The molecule has 0 bridgehead atoms. The van der Waals surface area contributed by atoms with Crippen molar-refractivity contribution >= 4 is 0 Å². The van der Waals surface area contributed by atoms with Crippen molar-refractivity contribution in [2.45, 2.75) is 77.7 Å². The van der Waals surface area contributed by atoms with Crippen molar-refractivity contribution in [2.24, 2.45) is 11.7 Å². The average molecular weight is 229 g/mol. The first kappa shape index (κ1) is 15.9.